The van der Waals surface area contributed by atoms with E-state index in [2.05, 4.69) is 18.9 Å². The molecule has 2 bridgehead atoms. The van der Waals surface area contributed by atoms with Crippen LogP contribution in [0.25, 0.3) is 0 Å². The smallest absolute Gasteiger partial charge is 0.0677 e. The van der Waals surface area contributed by atoms with E-state index < -0.39 is 0 Å². The Balaban J connectivity index is 1.41. The minimum absolute atomic E-state index is 0.347. The molecule has 26 heavy (non-hydrogen) atoms. The molecule has 0 aromatic rings. The highest BCUT2D eigenvalue weighted by Crippen LogP contribution is 2.40. The van der Waals surface area contributed by atoms with Gasteiger partial charge < -0.3 is 10.0 Å². The number of unbranched alkanes of at least 4 members (excludes halogenated alkanes) is 12. The van der Waals surface area contributed by atoms with E-state index in [4.69, 9.17) is 0 Å². The van der Waals surface area contributed by atoms with Crippen LogP contribution in [0.15, 0.2) is 0 Å². The first-order valence-electron chi connectivity index (χ1n) is 12.1. The Hall–Kier alpha value is -0.0800. The molecule has 0 aromatic carbocycles. The summed E-state index contributed by atoms with van der Waals surface area (Å²) in [5.41, 5.74) is -0.347. The molecular weight excluding hydrogens is 318 g/mol. The Morgan fingerprint density at radius 1 is 0.731 bits per heavy atom. The number of fused-ring (bicyclic) bond motifs is 2. The number of piperidine rings is 2. The first-order valence-corrected chi connectivity index (χ1v) is 12.1. The van der Waals surface area contributed by atoms with Crippen LogP contribution in [-0.4, -0.2) is 34.7 Å². The highest BCUT2D eigenvalue weighted by Gasteiger charge is 2.43. The molecule has 2 saturated heterocycles. The fourth-order valence-electron chi connectivity index (χ4n) is 5.42. The van der Waals surface area contributed by atoms with Gasteiger partial charge in [-0.3, -0.25) is 0 Å². The Bertz CT molecular complexity index is 342. The number of rotatable bonds is 14. The summed E-state index contributed by atoms with van der Waals surface area (Å²) in [5, 5.41) is 11.0. The lowest BCUT2D eigenvalue weighted by Crippen LogP contribution is -2.56. The van der Waals surface area contributed by atoms with Gasteiger partial charge in [-0.1, -0.05) is 96.8 Å². The summed E-state index contributed by atoms with van der Waals surface area (Å²) < 4.78 is 0. The Morgan fingerprint density at radius 2 is 1.15 bits per heavy atom. The Kier molecular flexibility index (Phi) is 10.6. The van der Waals surface area contributed by atoms with E-state index in [0.29, 0.717) is 12.1 Å². The molecule has 2 fully saturated rings. The SMILES string of the molecule is CCCCCCCCCCCCCCCC1(O)CC2CCCC(C1)N2C. The van der Waals surface area contributed by atoms with Crippen LogP contribution in [0.4, 0.5) is 0 Å². The minimum Gasteiger partial charge on any atom is -0.390 e. The molecule has 0 radical (unpaired) electrons. The number of aliphatic hydroxyl groups is 1. The summed E-state index contributed by atoms with van der Waals surface area (Å²) in [6, 6.07) is 1.30. The van der Waals surface area contributed by atoms with Crippen molar-refractivity contribution in [3.63, 3.8) is 0 Å². The van der Waals surface area contributed by atoms with Crippen LogP contribution in [-0.2, 0) is 0 Å². The van der Waals surface area contributed by atoms with Crippen molar-refractivity contribution in [1.82, 2.24) is 4.90 Å². The van der Waals surface area contributed by atoms with Gasteiger partial charge in [0.1, 0.15) is 0 Å². The summed E-state index contributed by atoms with van der Waals surface area (Å²) in [6.45, 7) is 2.29. The van der Waals surface area contributed by atoms with Crippen LogP contribution >= 0.6 is 0 Å². The van der Waals surface area contributed by atoms with Crippen molar-refractivity contribution < 1.29 is 5.11 Å². The van der Waals surface area contributed by atoms with Gasteiger partial charge in [-0.15, -0.1) is 0 Å². The van der Waals surface area contributed by atoms with Crippen LogP contribution < -0.4 is 0 Å². The predicted molar refractivity (Wildman–Crippen MR) is 114 cm³/mol. The second-order valence-electron chi connectivity index (χ2n) is 9.53. The third kappa shape index (κ3) is 7.89. The molecule has 2 heteroatoms. The van der Waals surface area contributed by atoms with E-state index in [1.165, 1.54) is 103 Å². The average Bonchev–Trinajstić information content (AvgIpc) is 2.61. The topological polar surface area (TPSA) is 23.5 Å². The zero-order chi connectivity index (χ0) is 18.7. The van der Waals surface area contributed by atoms with Crippen molar-refractivity contribution in [2.24, 2.45) is 0 Å². The summed E-state index contributed by atoms with van der Waals surface area (Å²) in [5.74, 6) is 0. The molecule has 2 rings (SSSR count). The molecule has 2 nitrogen and oxygen atoms in total. The fraction of sp³-hybridized carbons (Fsp3) is 1.00. The first kappa shape index (κ1) is 22.2. The Labute approximate surface area is 164 Å². The van der Waals surface area contributed by atoms with Crippen molar-refractivity contribution in [3.05, 3.63) is 0 Å². The maximum absolute atomic E-state index is 11.0. The van der Waals surface area contributed by atoms with Crippen LogP contribution in [0.1, 0.15) is 129 Å². The van der Waals surface area contributed by atoms with Gasteiger partial charge in [0.2, 0.25) is 0 Å². The molecule has 2 aliphatic rings. The highest BCUT2D eigenvalue weighted by atomic mass is 16.3. The Morgan fingerprint density at radius 3 is 1.62 bits per heavy atom. The molecule has 2 atom stereocenters. The third-order valence-corrected chi connectivity index (χ3v) is 7.20. The highest BCUT2D eigenvalue weighted by molar-refractivity contribution is 4.98. The van der Waals surface area contributed by atoms with Crippen LogP contribution in [0.5, 0.6) is 0 Å². The van der Waals surface area contributed by atoms with Gasteiger partial charge in [0, 0.05) is 12.1 Å². The molecule has 0 amide bonds. The second kappa shape index (κ2) is 12.4. The van der Waals surface area contributed by atoms with Gasteiger partial charge >= 0.3 is 0 Å². The summed E-state index contributed by atoms with van der Waals surface area (Å²) in [6.07, 6.45) is 25.3. The van der Waals surface area contributed by atoms with Crippen molar-refractivity contribution >= 4 is 0 Å². The third-order valence-electron chi connectivity index (χ3n) is 7.20. The summed E-state index contributed by atoms with van der Waals surface area (Å²) in [4.78, 5) is 2.56. The maximum Gasteiger partial charge on any atom is 0.0677 e. The lowest BCUT2D eigenvalue weighted by atomic mass is 9.74. The number of hydrogen-bond acceptors (Lipinski definition) is 2. The molecule has 2 aliphatic heterocycles. The normalized spacial score (nSPS) is 29.2. The molecule has 1 N–H and O–H groups in total. The van der Waals surface area contributed by atoms with Crippen LogP contribution in [0.3, 0.4) is 0 Å². The standard InChI is InChI=1S/C24H47NO/c1-3-4-5-6-7-8-9-10-11-12-13-14-15-19-24(26)20-22-17-16-18-23(21-24)25(22)2/h22-23,26H,3-21H2,1-2H3. The molecule has 0 aromatic heterocycles. The van der Waals surface area contributed by atoms with Gasteiger partial charge in [0.05, 0.1) is 5.60 Å². The van der Waals surface area contributed by atoms with Gasteiger partial charge in [-0.25, -0.2) is 0 Å². The van der Waals surface area contributed by atoms with Gasteiger partial charge in [-0.2, -0.15) is 0 Å². The van der Waals surface area contributed by atoms with E-state index >= 15 is 0 Å². The van der Waals surface area contributed by atoms with E-state index in [1.807, 2.05) is 0 Å². The van der Waals surface area contributed by atoms with Crippen LogP contribution in [0, 0.1) is 0 Å². The molecule has 0 spiro atoms. The number of hydrogen-bond donors (Lipinski definition) is 1. The minimum atomic E-state index is -0.347. The molecular formula is C24H47NO. The van der Waals surface area contributed by atoms with Gasteiger partial charge in [0.25, 0.3) is 0 Å². The molecule has 0 aliphatic carbocycles. The van der Waals surface area contributed by atoms with Crippen molar-refractivity contribution in [2.45, 2.75) is 147 Å². The van der Waals surface area contributed by atoms with Gasteiger partial charge in [-0.05, 0) is 39.2 Å². The molecule has 2 heterocycles. The van der Waals surface area contributed by atoms with Crippen LogP contribution in [0.2, 0.25) is 0 Å². The summed E-state index contributed by atoms with van der Waals surface area (Å²) in [7, 11) is 2.28. The quantitative estimate of drug-likeness (QED) is 0.340. The average molecular weight is 366 g/mol. The van der Waals surface area contributed by atoms with Crippen molar-refractivity contribution in [1.29, 1.82) is 0 Å². The largest absolute Gasteiger partial charge is 0.390 e. The van der Waals surface area contributed by atoms with E-state index in [9.17, 15) is 5.11 Å². The zero-order valence-corrected chi connectivity index (χ0v) is 18.0. The van der Waals surface area contributed by atoms with Crippen molar-refractivity contribution in [3.8, 4) is 0 Å². The van der Waals surface area contributed by atoms with E-state index in [1.54, 1.807) is 0 Å². The maximum atomic E-state index is 11.0. The monoisotopic (exact) mass is 365 g/mol. The van der Waals surface area contributed by atoms with Crippen molar-refractivity contribution in [2.75, 3.05) is 7.05 Å². The summed E-state index contributed by atoms with van der Waals surface area (Å²) >= 11 is 0. The first-order chi connectivity index (χ1) is 12.6. The zero-order valence-electron chi connectivity index (χ0n) is 18.0. The molecule has 154 valence electrons. The lowest BCUT2D eigenvalue weighted by molar-refractivity contribution is -0.0878. The van der Waals surface area contributed by atoms with Gasteiger partial charge in [0.15, 0.2) is 0 Å². The number of nitrogens with zero attached hydrogens (tertiary/aromatic N) is 1. The fourth-order valence-corrected chi connectivity index (χ4v) is 5.42. The van der Waals surface area contributed by atoms with E-state index in [-0.39, 0.29) is 5.60 Å². The molecule has 0 saturated carbocycles. The van der Waals surface area contributed by atoms with E-state index in [0.717, 1.165) is 19.3 Å². The second-order valence-corrected chi connectivity index (χ2v) is 9.53. The predicted octanol–water partition coefficient (Wildman–Crippen LogP) is 6.85. The molecule has 2 unspecified atom stereocenters. The lowest BCUT2D eigenvalue weighted by Gasteiger charge is -2.50.